The molecule has 0 fully saturated rings. The molecule has 0 aliphatic rings. The molecule has 0 aromatic carbocycles. The Morgan fingerprint density at radius 2 is 2.35 bits per heavy atom. The quantitative estimate of drug-likeness (QED) is 0.908. The third-order valence-corrected chi connectivity index (χ3v) is 3.78. The average Bonchev–Trinajstić information content (AvgIpc) is 2.76. The summed E-state index contributed by atoms with van der Waals surface area (Å²) in [7, 11) is 0. The molecule has 3 N–H and O–H groups in total. The number of halogens is 1. The summed E-state index contributed by atoms with van der Waals surface area (Å²) in [5.41, 5.74) is 8.82. The van der Waals surface area contributed by atoms with Crippen LogP contribution in [-0.2, 0) is 6.42 Å². The second-order valence-electron chi connectivity index (χ2n) is 3.97. The normalized spacial score (nSPS) is 12.4. The van der Waals surface area contributed by atoms with Crippen LogP contribution in [0.4, 0.5) is 11.4 Å². The van der Waals surface area contributed by atoms with Crippen LogP contribution in [0.25, 0.3) is 0 Å². The lowest BCUT2D eigenvalue weighted by Crippen LogP contribution is -2.19. The van der Waals surface area contributed by atoms with E-state index in [0.29, 0.717) is 11.7 Å². The van der Waals surface area contributed by atoms with Crippen molar-refractivity contribution in [2.45, 2.75) is 19.4 Å². The highest BCUT2D eigenvalue weighted by Crippen LogP contribution is 2.28. The summed E-state index contributed by atoms with van der Waals surface area (Å²) >= 11 is 5.17. The van der Waals surface area contributed by atoms with Crippen LogP contribution >= 0.6 is 27.3 Å². The SMILES string of the molecule is CC(Cc1ccsc1)Nc1c(N)cncc1Br. The van der Waals surface area contributed by atoms with Crippen molar-refractivity contribution in [1.82, 2.24) is 4.98 Å². The van der Waals surface area contributed by atoms with E-state index in [4.69, 9.17) is 5.73 Å². The topological polar surface area (TPSA) is 50.9 Å². The number of anilines is 2. The number of nitrogens with one attached hydrogen (secondary N) is 1. The van der Waals surface area contributed by atoms with Crippen LogP contribution in [-0.4, -0.2) is 11.0 Å². The van der Waals surface area contributed by atoms with Gasteiger partial charge in [-0.05, 0) is 51.7 Å². The molecule has 0 radical (unpaired) electrons. The van der Waals surface area contributed by atoms with Crippen molar-refractivity contribution in [3.05, 3.63) is 39.3 Å². The predicted octanol–water partition coefficient (Wildman–Crippen LogP) is 3.53. The van der Waals surface area contributed by atoms with E-state index >= 15 is 0 Å². The van der Waals surface area contributed by atoms with Gasteiger partial charge in [0.15, 0.2) is 0 Å². The third kappa shape index (κ3) is 3.20. The lowest BCUT2D eigenvalue weighted by molar-refractivity contribution is 0.792. The Hall–Kier alpha value is -1.07. The molecule has 0 amide bonds. The number of nitrogen functional groups attached to an aromatic ring is 1. The van der Waals surface area contributed by atoms with Gasteiger partial charge in [0.2, 0.25) is 0 Å². The Bertz CT molecular complexity index is 464. The van der Waals surface area contributed by atoms with E-state index in [9.17, 15) is 0 Å². The monoisotopic (exact) mass is 311 g/mol. The molecule has 0 saturated heterocycles. The van der Waals surface area contributed by atoms with Crippen molar-refractivity contribution in [3.8, 4) is 0 Å². The number of nitrogens with two attached hydrogens (primary N) is 1. The number of rotatable bonds is 4. The molecular formula is C12H14BrN3S. The molecule has 17 heavy (non-hydrogen) atoms. The summed E-state index contributed by atoms with van der Waals surface area (Å²) < 4.78 is 0.898. The van der Waals surface area contributed by atoms with Gasteiger partial charge in [-0.15, -0.1) is 0 Å². The Morgan fingerprint density at radius 1 is 1.53 bits per heavy atom. The van der Waals surface area contributed by atoms with Crippen LogP contribution in [0.15, 0.2) is 33.7 Å². The lowest BCUT2D eigenvalue weighted by Gasteiger charge is -2.17. The van der Waals surface area contributed by atoms with Gasteiger partial charge in [0.25, 0.3) is 0 Å². The molecule has 2 heterocycles. The molecule has 0 spiro atoms. The molecule has 2 aromatic rings. The van der Waals surface area contributed by atoms with Gasteiger partial charge in [-0.3, -0.25) is 4.98 Å². The molecule has 2 rings (SSSR count). The molecule has 0 aliphatic carbocycles. The van der Waals surface area contributed by atoms with Gasteiger partial charge in [-0.2, -0.15) is 11.3 Å². The van der Waals surface area contributed by atoms with Crippen LogP contribution in [0.3, 0.4) is 0 Å². The van der Waals surface area contributed by atoms with Crippen molar-refractivity contribution in [3.63, 3.8) is 0 Å². The summed E-state index contributed by atoms with van der Waals surface area (Å²) in [5, 5.41) is 7.68. The van der Waals surface area contributed by atoms with E-state index in [-0.39, 0.29) is 0 Å². The summed E-state index contributed by atoms with van der Waals surface area (Å²) in [4.78, 5) is 4.02. The molecule has 0 aliphatic heterocycles. The fourth-order valence-corrected chi connectivity index (χ4v) is 2.81. The minimum atomic E-state index is 0.325. The van der Waals surface area contributed by atoms with E-state index in [0.717, 1.165) is 16.6 Å². The van der Waals surface area contributed by atoms with Gasteiger partial charge in [-0.1, -0.05) is 0 Å². The lowest BCUT2D eigenvalue weighted by atomic mass is 10.1. The summed E-state index contributed by atoms with van der Waals surface area (Å²) in [6.07, 6.45) is 4.39. The highest BCUT2D eigenvalue weighted by Gasteiger charge is 2.09. The van der Waals surface area contributed by atoms with Crippen molar-refractivity contribution in [2.75, 3.05) is 11.1 Å². The minimum absolute atomic E-state index is 0.325. The maximum atomic E-state index is 5.89. The second kappa shape index (κ2) is 5.51. The zero-order valence-corrected chi connectivity index (χ0v) is 11.9. The number of aromatic nitrogens is 1. The highest BCUT2D eigenvalue weighted by atomic mass is 79.9. The van der Waals surface area contributed by atoms with Crippen molar-refractivity contribution >= 4 is 38.6 Å². The molecular weight excluding hydrogens is 298 g/mol. The molecule has 3 nitrogen and oxygen atoms in total. The van der Waals surface area contributed by atoms with Crippen LogP contribution < -0.4 is 11.1 Å². The van der Waals surface area contributed by atoms with Crippen LogP contribution in [0.1, 0.15) is 12.5 Å². The molecule has 90 valence electrons. The Balaban J connectivity index is 2.05. The maximum absolute atomic E-state index is 5.89. The fourth-order valence-electron chi connectivity index (χ4n) is 1.66. The number of hydrogen-bond acceptors (Lipinski definition) is 4. The predicted molar refractivity (Wildman–Crippen MR) is 77.5 cm³/mol. The van der Waals surface area contributed by atoms with Crippen molar-refractivity contribution < 1.29 is 0 Å². The molecule has 5 heteroatoms. The van der Waals surface area contributed by atoms with Crippen LogP contribution in [0.2, 0.25) is 0 Å². The highest BCUT2D eigenvalue weighted by molar-refractivity contribution is 9.10. The number of pyridine rings is 1. The summed E-state index contributed by atoms with van der Waals surface area (Å²) in [5.74, 6) is 0. The standard InChI is InChI=1S/C12H14BrN3S/c1-8(4-9-2-3-17-7-9)16-12-10(13)5-15-6-11(12)14/h2-3,5-8H,4,14H2,1H3,(H,15,16). The maximum Gasteiger partial charge on any atom is 0.0752 e. The first-order valence-electron chi connectivity index (χ1n) is 5.33. The zero-order chi connectivity index (χ0) is 12.3. The summed E-state index contributed by atoms with van der Waals surface area (Å²) in [6.45, 7) is 2.14. The third-order valence-electron chi connectivity index (χ3n) is 2.44. The molecule has 2 aromatic heterocycles. The van der Waals surface area contributed by atoms with Gasteiger partial charge >= 0.3 is 0 Å². The molecule has 1 atom stereocenters. The van der Waals surface area contributed by atoms with E-state index in [1.165, 1.54) is 5.56 Å². The smallest absolute Gasteiger partial charge is 0.0752 e. The Kier molecular flexibility index (Phi) is 4.02. The number of thiophene rings is 1. The van der Waals surface area contributed by atoms with Gasteiger partial charge in [0.05, 0.1) is 22.0 Å². The first kappa shape index (κ1) is 12.4. The fraction of sp³-hybridized carbons (Fsp3) is 0.250. The molecule has 0 bridgehead atoms. The first-order valence-corrected chi connectivity index (χ1v) is 7.07. The van der Waals surface area contributed by atoms with Gasteiger partial charge in [0, 0.05) is 12.2 Å². The van der Waals surface area contributed by atoms with E-state index in [1.54, 1.807) is 23.7 Å². The Labute approximate surface area is 113 Å². The molecule has 0 saturated carbocycles. The van der Waals surface area contributed by atoms with Gasteiger partial charge < -0.3 is 11.1 Å². The van der Waals surface area contributed by atoms with Crippen molar-refractivity contribution in [1.29, 1.82) is 0 Å². The first-order chi connectivity index (χ1) is 8.16. The summed E-state index contributed by atoms with van der Waals surface area (Å²) in [6, 6.07) is 2.47. The van der Waals surface area contributed by atoms with E-state index in [2.05, 4.69) is 50.0 Å². The largest absolute Gasteiger partial charge is 0.396 e. The van der Waals surface area contributed by atoms with Gasteiger partial charge in [-0.25, -0.2) is 0 Å². The zero-order valence-electron chi connectivity index (χ0n) is 9.48. The minimum Gasteiger partial charge on any atom is -0.396 e. The molecule has 1 unspecified atom stereocenters. The van der Waals surface area contributed by atoms with Crippen LogP contribution in [0, 0.1) is 0 Å². The van der Waals surface area contributed by atoms with E-state index in [1.807, 2.05) is 0 Å². The van der Waals surface area contributed by atoms with Crippen LogP contribution in [0.5, 0.6) is 0 Å². The number of hydrogen-bond donors (Lipinski definition) is 2. The van der Waals surface area contributed by atoms with E-state index < -0.39 is 0 Å². The second-order valence-corrected chi connectivity index (χ2v) is 5.60. The number of nitrogens with zero attached hydrogens (tertiary/aromatic N) is 1. The average molecular weight is 312 g/mol. The van der Waals surface area contributed by atoms with Gasteiger partial charge in [0.1, 0.15) is 0 Å². The Morgan fingerprint density at radius 3 is 3.00 bits per heavy atom. The van der Waals surface area contributed by atoms with Crippen molar-refractivity contribution in [2.24, 2.45) is 0 Å².